The van der Waals surface area contributed by atoms with Crippen LogP contribution in [0.25, 0.3) is 0 Å². The normalized spacial score (nSPS) is 14.6. The van der Waals surface area contributed by atoms with Gasteiger partial charge in [0.05, 0.1) is 19.6 Å². The summed E-state index contributed by atoms with van der Waals surface area (Å²) in [5.74, 6) is -0.597. The number of amides is 2. The molecule has 2 aromatic carbocycles. The van der Waals surface area contributed by atoms with Gasteiger partial charge >= 0.3 is 5.97 Å². The number of carbonyl (C=O) groups excluding carboxylic acids is 3. The molecule has 7 heteroatoms. The number of hydrogen-bond donors (Lipinski definition) is 1. The monoisotopic (exact) mass is 414 g/mol. The standard InChI is InChI=1S/C22H23ClN2O4/c1-29-21(27)13-19(17-5-2-3-6-18(17)23)24-22(28)16-10-8-15(9-11-16)14-25-12-4-7-20(25)26/h2-3,5-6,8-11,19H,4,7,12-14H2,1H3,(H,24,28). The first-order chi connectivity index (χ1) is 14.0. The fourth-order valence-corrected chi connectivity index (χ4v) is 3.61. The lowest BCUT2D eigenvalue weighted by Crippen LogP contribution is -2.30. The number of nitrogens with one attached hydrogen (secondary N) is 1. The minimum atomic E-state index is -0.606. The van der Waals surface area contributed by atoms with Gasteiger partial charge in [-0.1, -0.05) is 41.9 Å². The van der Waals surface area contributed by atoms with Crippen LogP contribution in [0, 0.1) is 0 Å². The molecule has 1 aliphatic heterocycles. The number of hydrogen-bond acceptors (Lipinski definition) is 4. The van der Waals surface area contributed by atoms with E-state index in [2.05, 4.69) is 5.32 Å². The molecule has 1 unspecified atom stereocenters. The molecule has 29 heavy (non-hydrogen) atoms. The average Bonchev–Trinajstić information content (AvgIpc) is 3.12. The third-order valence-electron chi connectivity index (χ3n) is 4.95. The largest absolute Gasteiger partial charge is 0.469 e. The second-order valence-electron chi connectivity index (χ2n) is 6.94. The molecule has 1 aliphatic rings. The molecule has 2 aromatic rings. The van der Waals surface area contributed by atoms with Crippen LogP contribution in [0.2, 0.25) is 5.02 Å². The summed E-state index contributed by atoms with van der Waals surface area (Å²) in [5.41, 5.74) is 2.08. The fourth-order valence-electron chi connectivity index (χ4n) is 3.34. The molecule has 1 heterocycles. The molecule has 1 N–H and O–H groups in total. The van der Waals surface area contributed by atoms with Crippen molar-refractivity contribution in [1.29, 1.82) is 0 Å². The van der Waals surface area contributed by atoms with Crippen LogP contribution in [0.4, 0.5) is 0 Å². The van der Waals surface area contributed by atoms with E-state index in [4.69, 9.17) is 16.3 Å². The maximum atomic E-state index is 12.7. The molecule has 0 aromatic heterocycles. The molecule has 3 rings (SSSR count). The Labute approximate surface area is 174 Å². The third kappa shape index (κ3) is 5.35. The Morgan fingerprint density at radius 3 is 2.52 bits per heavy atom. The summed E-state index contributed by atoms with van der Waals surface area (Å²) in [7, 11) is 1.30. The number of methoxy groups -OCH3 is 1. The van der Waals surface area contributed by atoms with Gasteiger partial charge in [0.15, 0.2) is 0 Å². The molecule has 1 saturated heterocycles. The fraction of sp³-hybridized carbons (Fsp3) is 0.318. The lowest BCUT2D eigenvalue weighted by Gasteiger charge is -2.20. The molecule has 1 atom stereocenters. The highest BCUT2D eigenvalue weighted by Crippen LogP contribution is 2.26. The third-order valence-corrected chi connectivity index (χ3v) is 5.29. The van der Waals surface area contributed by atoms with E-state index < -0.39 is 12.0 Å². The van der Waals surface area contributed by atoms with Gasteiger partial charge in [0.2, 0.25) is 5.91 Å². The number of esters is 1. The smallest absolute Gasteiger partial charge is 0.307 e. The highest BCUT2D eigenvalue weighted by Gasteiger charge is 2.22. The van der Waals surface area contributed by atoms with Crippen LogP contribution in [-0.2, 0) is 20.9 Å². The van der Waals surface area contributed by atoms with Crippen LogP contribution in [0.3, 0.4) is 0 Å². The molecule has 0 bridgehead atoms. The van der Waals surface area contributed by atoms with Gasteiger partial charge in [0, 0.05) is 30.1 Å². The quantitative estimate of drug-likeness (QED) is 0.703. The van der Waals surface area contributed by atoms with Crippen LogP contribution in [0.5, 0.6) is 0 Å². The molecule has 0 aliphatic carbocycles. The van der Waals surface area contributed by atoms with Crippen molar-refractivity contribution in [3.63, 3.8) is 0 Å². The number of likely N-dealkylation sites (tertiary alicyclic amines) is 1. The topological polar surface area (TPSA) is 75.7 Å². The second-order valence-corrected chi connectivity index (χ2v) is 7.35. The number of carbonyl (C=O) groups is 3. The van der Waals surface area contributed by atoms with E-state index in [9.17, 15) is 14.4 Å². The minimum Gasteiger partial charge on any atom is -0.469 e. The van der Waals surface area contributed by atoms with Gasteiger partial charge in [-0.3, -0.25) is 14.4 Å². The van der Waals surface area contributed by atoms with Crippen molar-refractivity contribution < 1.29 is 19.1 Å². The number of halogens is 1. The summed E-state index contributed by atoms with van der Waals surface area (Å²) < 4.78 is 4.75. The van der Waals surface area contributed by atoms with Crippen molar-refractivity contribution in [2.24, 2.45) is 0 Å². The first-order valence-corrected chi connectivity index (χ1v) is 9.84. The molecule has 0 saturated carbocycles. The van der Waals surface area contributed by atoms with Gasteiger partial charge < -0.3 is 15.0 Å². The zero-order valence-electron chi connectivity index (χ0n) is 16.2. The van der Waals surface area contributed by atoms with E-state index in [1.54, 1.807) is 36.4 Å². The molecule has 2 amide bonds. The Balaban J connectivity index is 1.71. The SMILES string of the molecule is COC(=O)CC(NC(=O)c1ccc(CN2CCCC2=O)cc1)c1ccccc1Cl. The van der Waals surface area contributed by atoms with Gasteiger partial charge in [0.25, 0.3) is 5.91 Å². The predicted molar refractivity (Wildman–Crippen MR) is 109 cm³/mol. The molecular formula is C22H23ClN2O4. The average molecular weight is 415 g/mol. The number of benzene rings is 2. The van der Waals surface area contributed by atoms with Gasteiger partial charge in [-0.05, 0) is 35.7 Å². The molecule has 152 valence electrons. The Morgan fingerprint density at radius 1 is 1.17 bits per heavy atom. The van der Waals surface area contributed by atoms with E-state index >= 15 is 0 Å². The van der Waals surface area contributed by atoms with Crippen molar-refractivity contribution in [2.45, 2.75) is 31.8 Å². The zero-order chi connectivity index (χ0) is 20.8. The lowest BCUT2D eigenvalue weighted by molar-refractivity contribution is -0.141. The molecule has 6 nitrogen and oxygen atoms in total. The van der Waals surface area contributed by atoms with Crippen molar-refractivity contribution in [2.75, 3.05) is 13.7 Å². The van der Waals surface area contributed by atoms with Crippen LogP contribution in [0.1, 0.15) is 46.8 Å². The van der Waals surface area contributed by atoms with Gasteiger partial charge in [-0.15, -0.1) is 0 Å². The van der Waals surface area contributed by atoms with Crippen molar-refractivity contribution in [3.05, 3.63) is 70.2 Å². The Hall–Kier alpha value is -2.86. The van der Waals surface area contributed by atoms with Gasteiger partial charge in [-0.25, -0.2) is 0 Å². The summed E-state index contributed by atoms with van der Waals surface area (Å²) in [6, 6.07) is 13.6. The summed E-state index contributed by atoms with van der Waals surface area (Å²) in [5, 5.41) is 3.33. The Bertz CT molecular complexity index is 898. The van der Waals surface area contributed by atoms with Crippen LogP contribution in [0.15, 0.2) is 48.5 Å². The van der Waals surface area contributed by atoms with E-state index in [0.717, 1.165) is 18.5 Å². The first-order valence-electron chi connectivity index (χ1n) is 9.46. The van der Waals surface area contributed by atoms with Crippen molar-refractivity contribution in [3.8, 4) is 0 Å². The van der Waals surface area contributed by atoms with E-state index in [-0.39, 0.29) is 18.2 Å². The Kier molecular flexibility index (Phi) is 6.88. The molecular weight excluding hydrogens is 392 g/mol. The summed E-state index contributed by atoms with van der Waals surface area (Å²) >= 11 is 6.25. The number of ether oxygens (including phenoxy) is 1. The Morgan fingerprint density at radius 2 is 1.90 bits per heavy atom. The zero-order valence-corrected chi connectivity index (χ0v) is 16.9. The van der Waals surface area contributed by atoms with Crippen LogP contribution in [-0.4, -0.2) is 36.3 Å². The van der Waals surface area contributed by atoms with Gasteiger partial charge in [0.1, 0.15) is 0 Å². The van der Waals surface area contributed by atoms with Crippen LogP contribution < -0.4 is 5.32 Å². The lowest BCUT2D eigenvalue weighted by atomic mass is 10.0. The molecule has 1 fully saturated rings. The summed E-state index contributed by atoms with van der Waals surface area (Å²) in [6.07, 6.45) is 1.47. The maximum absolute atomic E-state index is 12.7. The van der Waals surface area contributed by atoms with E-state index in [0.29, 0.717) is 29.1 Å². The van der Waals surface area contributed by atoms with Crippen molar-refractivity contribution >= 4 is 29.4 Å². The predicted octanol–water partition coefficient (Wildman–Crippen LogP) is 3.50. The van der Waals surface area contributed by atoms with E-state index in [1.165, 1.54) is 7.11 Å². The minimum absolute atomic E-state index is 0.0267. The highest BCUT2D eigenvalue weighted by molar-refractivity contribution is 6.31. The molecule has 0 spiro atoms. The number of nitrogens with zero attached hydrogens (tertiary/aromatic N) is 1. The highest BCUT2D eigenvalue weighted by atomic mass is 35.5. The van der Waals surface area contributed by atoms with Crippen LogP contribution >= 0.6 is 11.6 Å². The molecule has 0 radical (unpaired) electrons. The van der Waals surface area contributed by atoms with Gasteiger partial charge in [-0.2, -0.15) is 0 Å². The summed E-state index contributed by atoms with van der Waals surface area (Å²) in [4.78, 5) is 38.1. The second kappa shape index (κ2) is 9.56. The first kappa shape index (κ1) is 20.9. The maximum Gasteiger partial charge on any atom is 0.307 e. The summed E-state index contributed by atoms with van der Waals surface area (Å²) in [6.45, 7) is 1.32. The van der Waals surface area contributed by atoms with Crippen molar-refractivity contribution in [1.82, 2.24) is 10.2 Å². The number of rotatable bonds is 7. The van der Waals surface area contributed by atoms with E-state index in [1.807, 2.05) is 17.0 Å².